The summed E-state index contributed by atoms with van der Waals surface area (Å²) < 4.78 is 0. The largest absolute Gasteiger partial charge is 0.387 e. The molecule has 2 fully saturated rings. The van der Waals surface area contributed by atoms with Gasteiger partial charge in [0.1, 0.15) is 11.6 Å². The van der Waals surface area contributed by atoms with Gasteiger partial charge >= 0.3 is 0 Å². The average Bonchev–Trinajstić information content (AvgIpc) is 3.15. The summed E-state index contributed by atoms with van der Waals surface area (Å²) >= 11 is 0. The Hall–Kier alpha value is -1.54. The van der Waals surface area contributed by atoms with E-state index < -0.39 is 0 Å². The maximum absolute atomic E-state index is 11.9. The summed E-state index contributed by atoms with van der Waals surface area (Å²) in [6.45, 7) is 2.98. The van der Waals surface area contributed by atoms with E-state index in [9.17, 15) is 4.79 Å². The Morgan fingerprint density at radius 1 is 1.44 bits per heavy atom. The minimum absolute atomic E-state index is 0.155. The molecule has 1 saturated carbocycles. The highest BCUT2D eigenvalue weighted by Crippen LogP contribution is 2.18. The first kappa shape index (κ1) is 11.0. The summed E-state index contributed by atoms with van der Waals surface area (Å²) in [6, 6.07) is 2.44. The molecule has 2 N–H and O–H groups in total. The van der Waals surface area contributed by atoms with E-state index in [1.807, 2.05) is 6.07 Å². The van der Waals surface area contributed by atoms with E-state index in [0.717, 1.165) is 25.9 Å². The number of nitrogens with zero attached hydrogens (tertiary/aromatic N) is 2. The van der Waals surface area contributed by atoms with Gasteiger partial charge in [-0.1, -0.05) is 0 Å². The van der Waals surface area contributed by atoms with Crippen molar-refractivity contribution >= 4 is 5.91 Å². The van der Waals surface area contributed by atoms with Gasteiger partial charge in [-0.25, -0.2) is 0 Å². The highest BCUT2D eigenvalue weighted by molar-refractivity contribution is 5.97. The molecule has 1 aliphatic heterocycles. The SMILES string of the molecule is N#C/C(=C/NC1CC1)C(=O)N1CCNCC1. The predicted molar refractivity (Wildman–Crippen MR) is 59.3 cm³/mol. The van der Waals surface area contributed by atoms with E-state index in [1.165, 1.54) is 0 Å². The van der Waals surface area contributed by atoms with Crippen LogP contribution in [0.3, 0.4) is 0 Å². The molecule has 2 rings (SSSR count). The zero-order valence-electron chi connectivity index (χ0n) is 9.20. The van der Waals surface area contributed by atoms with Crippen molar-refractivity contribution in [2.45, 2.75) is 18.9 Å². The number of hydrogen-bond acceptors (Lipinski definition) is 4. The monoisotopic (exact) mass is 220 g/mol. The first-order chi connectivity index (χ1) is 7.81. The Morgan fingerprint density at radius 2 is 2.12 bits per heavy atom. The normalized spacial score (nSPS) is 21.4. The van der Waals surface area contributed by atoms with Gasteiger partial charge in [0.2, 0.25) is 0 Å². The Bertz CT molecular complexity index is 334. The van der Waals surface area contributed by atoms with E-state index in [2.05, 4.69) is 10.6 Å². The second-order valence-corrected chi connectivity index (χ2v) is 4.15. The molecule has 0 atom stereocenters. The fourth-order valence-corrected chi connectivity index (χ4v) is 1.63. The van der Waals surface area contributed by atoms with Crippen molar-refractivity contribution in [2.24, 2.45) is 0 Å². The van der Waals surface area contributed by atoms with E-state index >= 15 is 0 Å². The van der Waals surface area contributed by atoms with Crippen LogP contribution in [0.25, 0.3) is 0 Å². The molecule has 1 saturated heterocycles. The quantitative estimate of drug-likeness (QED) is 0.500. The number of amides is 1. The number of rotatable bonds is 3. The topological polar surface area (TPSA) is 68.2 Å². The van der Waals surface area contributed by atoms with Gasteiger partial charge in [-0.3, -0.25) is 4.79 Å². The lowest BCUT2D eigenvalue weighted by atomic mass is 10.2. The summed E-state index contributed by atoms with van der Waals surface area (Å²) in [6.07, 6.45) is 3.84. The van der Waals surface area contributed by atoms with Crippen LogP contribution in [0.2, 0.25) is 0 Å². The van der Waals surface area contributed by atoms with Crippen LogP contribution in [-0.4, -0.2) is 43.0 Å². The lowest BCUT2D eigenvalue weighted by molar-refractivity contribution is -0.127. The van der Waals surface area contributed by atoms with Crippen LogP contribution in [-0.2, 0) is 4.79 Å². The van der Waals surface area contributed by atoms with E-state index in [-0.39, 0.29) is 11.5 Å². The van der Waals surface area contributed by atoms with Crippen molar-refractivity contribution in [3.8, 4) is 6.07 Å². The van der Waals surface area contributed by atoms with Gasteiger partial charge in [-0.2, -0.15) is 5.26 Å². The zero-order chi connectivity index (χ0) is 11.4. The fourth-order valence-electron chi connectivity index (χ4n) is 1.63. The van der Waals surface area contributed by atoms with Crippen LogP contribution in [0.4, 0.5) is 0 Å². The number of hydrogen-bond donors (Lipinski definition) is 2. The molecule has 0 spiro atoms. The molecule has 0 aromatic heterocycles. The lowest BCUT2D eigenvalue weighted by Gasteiger charge is -2.27. The maximum atomic E-state index is 11.9. The Labute approximate surface area is 95.1 Å². The van der Waals surface area contributed by atoms with Crippen molar-refractivity contribution in [1.29, 1.82) is 5.26 Å². The zero-order valence-corrected chi connectivity index (χ0v) is 9.20. The van der Waals surface area contributed by atoms with Gasteiger partial charge in [0.15, 0.2) is 0 Å². The van der Waals surface area contributed by atoms with Crippen LogP contribution >= 0.6 is 0 Å². The molecule has 5 nitrogen and oxygen atoms in total. The lowest BCUT2D eigenvalue weighted by Crippen LogP contribution is -2.46. The van der Waals surface area contributed by atoms with Gasteiger partial charge in [0, 0.05) is 38.4 Å². The van der Waals surface area contributed by atoms with Crippen LogP contribution in [0, 0.1) is 11.3 Å². The van der Waals surface area contributed by atoms with Gasteiger partial charge in [-0.05, 0) is 12.8 Å². The van der Waals surface area contributed by atoms with Gasteiger partial charge in [-0.15, -0.1) is 0 Å². The third kappa shape index (κ3) is 2.74. The molecule has 2 aliphatic rings. The first-order valence-electron chi connectivity index (χ1n) is 5.67. The third-order valence-electron chi connectivity index (χ3n) is 2.80. The molecule has 5 heteroatoms. The molecular formula is C11H16N4O. The Morgan fingerprint density at radius 3 is 2.69 bits per heavy atom. The molecule has 0 aromatic carbocycles. The standard InChI is InChI=1S/C11H16N4O/c12-7-9(8-14-10-1-2-10)11(16)15-5-3-13-4-6-15/h8,10,13-14H,1-6H2/b9-8-. The highest BCUT2D eigenvalue weighted by atomic mass is 16.2. The van der Waals surface area contributed by atoms with Gasteiger partial charge < -0.3 is 15.5 Å². The van der Waals surface area contributed by atoms with Crippen LogP contribution in [0.15, 0.2) is 11.8 Å². The summed E-state index contributed by atoms with van der Waals surface area (Å²) in [5, 5.41) is 15.2. The van der Waals surface area contributed by atoms with Crippen LogP contribution < -0.4 is 10.6 Å². The summed E-state index contributed by atoms with van der Waals surface area (Å²) in [5.41, 5.74) is 0.216. The summed E-state index contributed by atoms with van der Waals surface area (Å²) in [7, 11) is 0. The predicted octanol–water partition coefficient (Wildman–Crippen LogP) is -0.422. The molecule has 16 heavy (non-hydrogen) atoms. The number of nitriles is 1. The molecule has 1 heterocycles. The number of carbonyl (C=O) groups excluding carboxylic acids is 1. The van der Waals surface area contributed by atoms with Crippen LogP contribution in [0.5, 0.6) is 0 Å². The second-order valence-electron chi connectivity index (χ2n) is 4.15. The first-order valence-corrected chi connectivity index (χ1v) is 5.67. The van der Waals surface area contributed by atoms with Crippen molar-refractivity contribution in [3.05, 3.63) is 11.8 Å². The van der Waals surface area contributed by atoms with E-state index in [0.29, 0.717) is 19.1 Å². The number of piperazine rings is 1. The fraction of sp³-hybridized carbons (Fsp3) is 0.636. The van der Waals surface area contributed by atoms with E-state index in [4.69, 9.17) is 5.26 Å². The molecule has 0 unspecified atom stereocenters. The molecule has 0 radical (unpaired) electrons. The molecule has 0 aromatic rings. The average molecular weight is 220 g/mol. The van der Waals surface area contributed by atoms with Crippen molar-refractivity contribution in [3.63, 3.8) is 0 Å². The number of nitrogens with one attached hydrogen (secondary N) is 2. The highest BCUT2D eigenvalue weighted by Gasteiger charge is 2.22. The molecule has 1 aliphatic carbocycles. The molecule has 1 amide bonds. The molecular weight excluding hydrogens is 204 g/mol. The van der Waals surface area contributed by atoms with E-state index in [1.54, 1.807) is 11.1 Å². The van der Waals surface area contributed by atoms with Crippen molar-refractivity contribution < 1.29 is 4.79 Å². The summed E-state index contributed by atoms with van der Waals surface area (Å²) in [5.74, 6) is -0.155. The smallest absolute Gasteiger partial charge is 0.266 e. The van der Waals surface area contributed by atoms with Crippen LogP contribution in [0.1, 0.15) is 12.8 Å². The Balaban J connectivity index is 1.93. The third-order valence-corrected chi connectivity index (χ3v) is 2.80. The summed E-state index contributed by atoms with van der Waals surface area (Å²) in [4.78, 5) is 13.7. The van der Waals surface area contributed by atoms with Crippen molar-refractivity contribution in [1.82, 2.24) is 15.5 Å². The second kappa shape index (κ2) is 4.99. The van der Waals surface area contributed by atoms with Gasteiger partial charge in [0.25, 0.3) is 5.91 Å². The molecule has 0 bridgehead atoms. The Kier molecular flexibility index (Phi) is 3.42. The van der Waals surface area contributed by atoms with Crippen molar-refractivity contribution in [2.75, 3.05) is 26.2 Å². The maximum Gasteiger partial charge on any atom is 0.266 e. The molecule has 86 valence electrons. The minimum atomic E-state index is -0.155. The van der Waals surface area contributed by atoms with Gasteiger partial charge in [0.05, 0.1) is 0 Å². The minimum Gasteiger partial charge on any atom is -0.387 e. The number of carbonyl (C=O) groups is 1.